The van der Waals surface area contributed by atoms with Gasteiger partial charge in [0.2, 0.25) is 5.91 Å². The molecule has 144 valence electrons. The fraction of sp³-hybridized carbons (Fsp3) is 0.0556. The molecule has 0 fully saturated rings. The van der Waals surface area contributed by atoms with E-state index in [9.17, 15) is 18.0 Å². The quantitative estimate of drug-likeness (QED) is 0.656. The van der Waals surface area contributed by atoms with Crippen LogP contribution >= 0.6 is 11.6 Å². The molecule has 8 nitrogen and oxygen atoms in total. The molecular formula is C18H14ClN3O5S. The summed E-state index contributed by atoms with van der Waals surface area (Å²) in [6.45, 7) is 1.10. The topological polar surface area (TPSA) is 118 Å². The highest BCUT2D eigenvalue weighted by Crippen LogP contribution is 2.25. The van der Waals surface area contributed by atoms with Crippen LogP contribution in [-0.4, -0.2) is 25.2 Å². The van der Waals surface area contributed by atoms with Crippen LogP contribution in [0.5, 0.6) is 0 Å². The van der Waals surface area contributed by atoms with Crippen LogP contribution in [0.3, 0.4) is 0 Å². The molecule has 0 saturated heterocycles. The van der Waals surface area contributed by atoms with Gasteiger partial charge in [-0.05, 0) is 48.5 Å². The molecule has 0 aliphatic rings. The SMILES string of the molecule is CC(=O)NS(=O)(=O)c1ccc(NC(=O)c2ncoc2-c2ccc(Cl)cc2)cc1. The molecule has 28 heavy (non-hydrogen) atoms. The van der Waals surface area contributed by atoms with Gasteiger partial charge >= 0.3 is 0 Å². The summed E-state index contributed by atoms with van der Waals surface area (Å²) in [5, 5.41) is 3.16. The molecule has 0 aliphatic carbocycles. The molecule has 3 aromatic rings. The summed E-state index contributed by atoms with van der Waals surface area (Å²) < 4.78 is 31.1. The number of anilines is 1. The van der Waals surface area contributed by atoms with Crippen molar-refractivity contribution in [3.05, 3.63) is 65.6 Å². The summed E-state index contributed by atoms with van der Waals surface area (Å²) in [4.78, 5) is 27.3. The third-order valence-corrected chi connectivity index (χ3v) is 5.29. The molecule has 1 aromatic heterocycles. The Kier molecular flexibility index (Phi) is 5.48. The summed E-state index contributed by atoms with van der Waals surface area (Å²) in [5.74, 6) is -0.951. The Morgan fingerprint density at radius 1 is 1.04 bits per heavy atom. The normalized spacial score (nSPS) is 11.1. The van der Waals surface area contributed by atoms with Crippen LogP contribution in [0.2, 0.25) is 5.02 Å². The first-order valence-corrected chi connectivity index (χ1v) is 9.76. The van der Waals surface area contributed by atoms with Crippen molar-refractivity contribution in [1.82, 2.24) is 9.71 Å². The van der Waals surface area contributed by atoms with Gasteiger partial charge < -0.3 is 9.73 Å². The average molecular weight is 420 g/mol. The number of nitrogens with zero attached hydrogens (tertiary/aromatic N) is 1. The molecule has 0 radical (unpaired) electrons. The molecule has 2 aromatic carbocycles. The molecule has 0 atom stereocenters. The maximum Gasteiger partial charge on any atom is 0.278 e. The lowest BCUT2D eigenvalue weighted by Crippen LogP contribution is -2.28. The van der Waals surface area contributed by atoms with E-state index in [0.717, 1.165) is 13.3 Å². The van der Waals surface area contributed by atoms with E-state index in [1.165, 1.54) is 24.3 Å². The second-order valence-corrected chi connectivity index (χ2v) is 7.80. The lowest BCUT2D eigenvalue weighted by molar-refractivity contribution is -0.117. The highest BCUT2D eigenvalue weighted by molar-refractivity contribution is 7.90. The smallest absolute Gasteiger partial charge is 0.278 e. The number of aromatic nitrogens is 1. The zero-order valence-corrected chi connectivity index (χ0v) is 16.0. The van der Waals surface area contributed by atoms with E-state index in [2.05, 4.69) is 10.3 Å². The Bertz CT molecular complexity index is 1120. The first-order chi connectivity index (χ1) is 13.3. The summed E-state index contributed by atoms with van der Waals surface area (Å²) >= 11 is 5.86. The number of nitrogens with one attached hydrogen (secondary N) is 2. The Balaban J connectivity index is 1.78. The van der Waals surface area contributed by atoms with E-state index in [1.807, 2.05) is 4.72 Å². The number of rotatable bonds is 5. The minimum absolute atomic E-state index is 0.0669. The maximum atomic E-state index is 12.5. The van der Waals surface area contributed by atoms with Crippen molar-refractivity contribution >= 4 is 39.1 Å². The Hall–Kier alpha value is -3.17. The first-order valence-electron chi connectivity index (χ1n) is 7.90. The number of sulfonamides is 1. The van der Waals surface area contributed by atoms with Gasteiger partial charge in [-0.1, -0.05) is 11.6 Å². The van der Waals surface area contributed by atoms with Gasteiger partial charge in [0.05, 0.1) is 4.90 Å². The van der Waals surface area contributed by atoms with Crippen LogP contribution in [0.15, 0.2) is 64.2 Å². The van der Waals surface area contributed by atoms with Gasteiger partial charge in [0.1, 0.15) is 0 Å². The van der Waals surface area contributed by atoms with Crippen molar-refractivity contribution in [2.75, 3.05) is 5.32 Å². The molecule has 0 unspecified atom stereocenters. The summed E-state index contributed by atoms with van der Waals surface area (Å²) in [5.41, 5.74) is 1.04. The lowest BCUT2D eigenvalue weighted by Gasteiger charge is -2.07. The van der Waals surface area contributed by atoms with Crippen LogP contribution in [0.1, 0.15) is 17.4 Å². The van der Waals surface area contributed by atoms with E-state index in [0.29, 0.717) is 16.3 Å². The summed E-state index contributed by atoms with van der Waals surface area (Å²) in [6, 6.07) is 12.0. The van der Waals surface area contributed by atoms with E-state index in [1.54, 1.807) is 24.3 Å². The highest BCUT2D eigenvalue weighted by Gasteiger charge is 2.19. The molecule has 1 heterocycles. The Labute approximate surface area is 165 Å². The average Bonchev–Trinajstić information content (AvgIpc) is 3.11. The van der Waals surface area contributed by atoms with Gasteiger partial charge in [-0.25, -0.2) is 18.1 Å². The highest BCUT2D eigenvalue weighted by atomic mass is 35.5. The van der Waals surface area contributed by atoms with Gasteiger partial charge in [-0.3, -0.25) is 9.59 Å². The van der Waals surface area contributed by atoms with Crippen molar-refractivity contribution < 1.29 is 22.4 Å². The second kappa shape index (κ2) is 7.83. The Morgan fingerprint density at radius 3 is 2.29 bits per heavy atom. The largest absolute Gasteiger partial charge is 0.443 e. The molecule has 0 spiro atoms. The number of halogens is 1. The first kappa shape index (κ1) is 19.6. The zero-order chi connectivity index (χ0) is 20.3. The molecule has 2 N–H and O–H groups in total. The van der Waals surface area contributed by atoms with Crippen LogP contribution in [-0.2, 0) is 14.8 Å². The number of hydrogen-bond donors (Lipinski definition) is 2. The van der Waals surface area contributed by atoms with Crippen molar-refractivity contribution in [1.29, 1.82) is 0 Å². The third kappa shape index (κ3) is 4.38. The van der Waals surface area contributed by atoms with Crippen molar-refractivity contribution in [2.45, 2.75) is 11.8 Å². The third-order valence-electron chi connectivity index (χ3n) is 3.59. The van der Waals surface area contributed by atoms with Gasteiger partial charge in [0.15, 0.2) is 17.8 Å². The lowest BCUT2D eigenvalue weighted by atomic mass is 10.1. The van der Waals surface area contributed by atoms with Gasteiger partial charge in [-0.2, -0.15) is 0 Å². The molecular weight excluding hydrogens is 406 g/mol. The monoisotopic (exact) mass is 419 g/mol. The van der Waals surface area contributed by atoms with Crippen molar-refractivity contribution in [3.8, 4) is 11.3 Å². The standard InChI is InChI=1S/C18H14ClN3O5S/c1-11(23)22-28(25,26)15-8-6-14(7-9-15)21-18(24)16-17(27-10-20-16)12-2-4-13(19)5-3-12/h2-10H,1H3,(H,21,24)(H,22,23). The number of carbonyl (C=O) groups excluding carboxylic acids is 2. The number of hydrogen-bond acceptors (Lipinski definition) is 6. The van der Waals surface area contributed by atoms with Crippen LogP contribution in [0.4, 0.5) is 5.69 Å². The zero-order valence-electron chi connectivity index (χ0n) is 14.5. The van der Waals surface area contributed by atoms with Gasteiger partial charge in [0, 0.05) is 23.2 Å². The van der Waals surface area contributed by atoms with E-state index >= 15 is 0 Å². The fourth-order valence-electron chi connectivity index (χ4n) is 2.37. The molecule has 10 heteroatoms. The second-order valence-electron chi connectivity index (χ2n) is 5.68. The number of amides is 2. The minimum Gasteiger partial charge on any atom is -0.443 e. The van der Waals surface area contributed by atoms with E-state index in [-0.39, 0.29) is 16.3 Å². The van der Waals surface area contributed by atoms with Crippen molar-refractivity contribution in [3.63, 3.8) is 0 Å². The van der Waals surface area contributed by atoms with Gasteiger partial charge in [-0.15, -0.1) is 0 Å². The van der Waals surface area contributed by atoms with Crippen LogP contribution in [0, 0.1) is 0 Å². The number of oxazole rings is 1. The van der Waals surface area contributed by atoms with Crippen LogP contribution in [0.25, 0.3) is 11.3 Å². The number of carbonyl (C=O) groups is 2. The predicted molar refractivity (Wildman–Crippen MR) is 102 cm³/mol. The molecule has 0 aliphatic heterocycles. The molecule has 3 rings (SSSR count). The predicted octanol–water partition coefficient (Wildman–Crippen LogP) is 3.07. The van der Waals surface area contributed by atoms with E-state index < -0.39 is 21.8 Å². The van der Waals surface area contributed by atoms with Crippen LogP contribution < -0.4 is 10.0 Å². The Morgan fingerprint density at radius 2 is 1.68 bits per heavy atom. The maximum absolute atomic E-state index is 12.5. The van der Waals surface area contributed by atoms with E-state index in [4.69, 9.17) is 16.0 Å². The summed E-state index contributed by atoms with van der Waals surface area (Å²) in [6.07, 6.45) is 1.15. The van der Waals surface area contributed by atoms with Gasteiger partial charge in [0.25, 0.3) is 15.9 Å². The molecule has 2 amide bonds. The molecule has 0 bridgehead atoms. The summed E-state index contributed by atoms with van der Waals surface area (Å²) in [7, 11) is -3.94. The van der Waals surface area contributed by atoms with Crippen molar-refractivity contribution in [2.24, 2.45) is 0 Å². The fourth-order valence-corrected chi connectivity index (χ4v) is 3.49. The molecule has 0 saturated carbocycles. The number of benzene rings is 2. The minimum atomic E-state index is -3.94.